The summed E-state index contributed by atoms with van der Waals surface area (Å²) >= 11 is 0. The minimum absolute atomic E-state index is 0.0450. The highest BCUT2D eigenvalue weighted by Gasteiger charge is 2.44. The lowest BCUT2D eigenvalue weighted by Gasteiger charge is -2.37. The average Bonchev–Trinajstić information content (AvgIpc) is 4.10. The van der Waals surface area contributed by atoms with E-state index in [1.54, 1.807) is 21.0 Å². The fourth-order valence-corrected chi connectivity index (χ4v) is 11.9. The molecule has 4 N–H and O–H groups in total. The Morgan fingerprint density at radius 1 is 0.557 bits per heavy atom. The molecule has 16 nitrogen and oxygen atoms in total. The summed E-state index contributed by atoms with van der Waals surface area (Å²) in [5.41, 5.74) is 5.05. The second kappa shape index (κ2) is 28.6. The third-order valence-corrected chi connectivity index (χ3v) is 17.1. The van der Waals surface area contributed by atoms with Crippen molar-refractivity contribution < 1.29 is 38.2 Å². The molecular formula is C63H84N8O8. The van der Waals surface area contributed by atoms with E-state index in [4.69, 9.17) is 9.47 Å². The van der Waals surface area contributed by atoms with E-state index in [1.165, 1.54) is 0 Å². The molecule has 4 saturated heterocycles. The van der Waals surface area contributed by atoms with Crippen molar-refractivity contribution in [1.82, 2.24) is 40.9 Å². The Labute approximate surface area is 467 Å². The normalized spacial score (nSPS) is 21.0. The molecule has 0 aliphatic carbocycles. The minimum Gasteiger partial charge on any atom is -0.381 e. The monoisotopic (exact) mass is 1080 g/mol. The molecule has 0 spiro atoms. The summed E-state index contributed by atoms with van der Waals surface area (Å²) in [5, 5.41) is 12.1. The van der Waals surface area contributed by atoms with Crippen LogP contribution in [0.5, 0.6) is 0 Å². The second-order valence-electron chi connectivity index (χ2n) is 22.3. The molecule has 4 heterocycles. The molecular weight excluding hydrogens is 997 g/mol. The Balaban J connectivity index is 0.987. The van der Waals surface area contributed by atoms with Gasteiger partial charge in [-0.25, -0.2) is 0 Å². The predicted octanol–water partition coefficient (Wildman–Crippen LogP) is 5.85. The molecule has 7 atom stereocenters. The lowest BCUT2D eigenvalue weighted by molar-refractivity contribution is -0.140. The van der Waals surface area contributed by atoms with Crippen LogP contribution in [-0.4, -0.2) is 172 Å². The maximum Gasteiger partial charge on any atom is 0.253 e. The van der Waals surface area contributed by atoms with Crippen LogP contribution in [0.4, 0.5) is 0 Å². The summed E-state index contributed by atoms with van der Waals surface area (Å²) in [6.45, 7) is 11.0. The Hall–Kier alpha value is -6.46. The summed E-state index contributed by atoms with van der Waals surface area (Å²) in [6, 6.07) is 33.1. The summed E-state index contributed by atoms with van der Waals surface area (Å²) in [5.74, 6) is -0.746. The van der Waals surface area contributed by atoms with Crippen LogP contribution in [-0.2, 0) is 41.5 Å². The number of benzene rings is 4. The third-order valence-electron chi connectivity index (χ3n) is 17.1. The van der Waals surface area contributed by atoms with Gasteiger partial charge in [0.2, 0.25) is 23.6 Å². The fraction of sp³-hybridized carbons (Fsp3) is 0.524. The Morgan fingerprint density at radius 3 is 1.35 bits per heavy atom. The fourth-order valence-electron chi connectivity index (χ4n) is 11.9. The smallest absolute Gasteiger partial charge is 0.253 e. The van der Waals surface area contributed by atoms with Gasteiger partial charge in [-0.1, -0.05) is 98.8 Å². The lowest BCUT2D eigenvalue weighted by atomic mass is 9.90. The van der Waals surface area contributed by atoms with Gasteiger partial charge in [0.25, 0.3) is 11.8 Å². The number of hydrogen-bond acceptors (Lipinski definition) is 10. The summed E-state index contributed by atoms with van der Waals surface area (Å²) in [4.78, 5) is 92.7. The van der Waals surface area contributed by atoms with Gasteiger partial charge in [0, 0.05) is 76.8 Å². The SMILES string of the molecule is CNCC(=O)N[C@H](C(=O)N1CCC(C)[C@H]1CN(CCc1ccccc1)C(=O)c1ccc(-c2ccc(C(=O)N(CCc3ccccc3)C[C@@H]3[C@@H](C)CCN3C(=O)[C@@H](NC(=O)[C@H](C)NC)C3CCOCC3)cc2)cc1)C1CCOCC1. The quantitative estimate of drug-likeness (QED) is 0.0704. The van der Waals surface area contributed by atoms with Gasteiger partial charge >= 0.3 is 0 Å². The minimum atomic E-state index is -0.692. The first-order chi connectivity index (χ1) is 38.3. The van der Waals surface area contributed by atoms with Gasteiger partial charge in [-0.3, -0.25) is 28.8 Å². The van der Waals surface area contributed by atoms with E-state index in [1.807, 2.05) is 105 Å². The van der Waals surface area contributed by atoms with Crippen LogP contribution in [0, 0.1) is 23.7 Å². The number of rotatable bonds is 23. The largest absolute Gasteiger partial charge is 0.381 e. The van der Waals surface area contributed by atoms with Crippen LogP contribution in [0.1, 0.15) is 91.1 Å². The molecule has 6 amide bonds. The van der Waals surface area contributed by atoms with E-state index in [-0.39, 0.29) is 77.7 Å². The molecule has 4 aromatic rings. The van der Waals surface area contributed by atoms with Gasteiger partial charge in [-0.15, -0.1) is 0 Å². The Morgan fingerprint density at radius 2 is 0.962 bits per heavy atom. The highest BCUT2D eigenvalue weighted by Crippen LogP contribution is 2.32. The summed E-state index contributed by atoms with van der Waals surface area (Å²) in [7, 11) is 3.44. The van der Waals surface area contributed by atoms with E-state index >= 15 is 0 Å². The van der Waals surface area contributed by atoms with Gasteiger partial charge < -0.3 is 50.3 Å². The molecule has 79 heavy (non-hydrogen) atoms. The van der Waals surface area contributed by atoms with Gasteiger partial charge in [0.05, 0.1) is 24.7 Å². The van der Waals surface area contributed by atoms with E-state index in [0.29, 0.717) is 115 Å². The number of amides is 6. The van der Waals surface area contributed by atoms with E-state index in [9.17, 15) is 28.8 Å². The molecule has 16 heteroatoms. The molecule has 0 aromatic heterocycles. The van der Waals surface area contributed by atoms with Crippen LogP contribution >= 0.6 is 0 Å². The number of hydrogen-bond donors (Lipinski definition) is 4. The maximum absolute atomic E-state index is 14.8. The first-order valence-electron chi connectivity index (χ1n) is 28.9. The molecule has 4 aliphatic rings. The van der Waals surface area contributed by atoms with Crippen molar-refractivity contribution in [2.45, 2.75) is 102 Å². The average molecular weight is 1080 g/mol. The van der Waals surface area contributed by atoms with Crippen molar-refractivity contribution in [2.75, 3.05) is 86.3 Å². The van der Waals surface area contributed by atoms with Crippen molar-refractivity contribution in [2.24, 2.45) is 23.7 Å². The van der Waals surface area contributed by atoms with E-state index in [0.717, 1.165) is 35.1 Å². The number of likely N-dealkylation sites (N-methyl/N-ethyl adjacent to an activating group) is 2. The molecule has 424 valence electrons. The van der Waals surface area contributed by atoms with Crippen LogP contribution in [0.2, 0.25) is 0 Å². The van der Waals surface area contributed by atoms with Crippen LogP contribution in [0.3, 0.4) is 0 Å². The van der Waals surface area contributed by atoms with E-state index in [2.05, 4.69) is 59.4 Å². The molecule has 4 aliphatic heterocycles. The molecule has 0 saturated carbocycles. The summed E-state index contributed by atoms with van der Waals surface area (Å²) < 4.78 is 11.3. The van der Waals surface area contributed by atoms with Gasteiger partial charge in [-0.2, -0.15) is 0 Å². The maximum atomic E-state index is 14.8. The van der Waals surface area contributed by atoms with Crippen molar-refractivity contribution >= 4 is 35.4 Å². The number of nitrogens with one attached hydrogen (secondary N) is 4. The summed E-state index contributed by atoms with van der Waals surface area (Å²) in [6.07, 6.45) is 5.58. The number of ether oxygens (including phenoxy) is 2. The topological polar surface area (TPSA) is 182 Å². The van der Waals surface area contributed by atoms with Crippen molar-refractivity contribution in [3.8, 4) is 11.1 Å². The van der Waals surface area contributed by atoms with Gasteiger partial charge in [0.1, 0.15) is 12.1 Å². The molecule has 1 unspecified atom stereocenters. The van der Waals surface area contributed by atoms with Crippen molar-refractivity contribution in [1.29, 1.82) is 0 Å². The van der Waals surface area contributed by atoms with Crippen LogP contribution in [0.15, 0.2) is 109 Å². The zero-order valence-electron chi connectivity index (χ0n) is 47.1. The number of carbonyl (C=O) groups excluding carboxylic acids is 6. The predicted molar refractivity (Wildman–Crippen MR) is 306 cm³/mol. The van der Waals surface area contributed by atoms with Gasteiger partial charge in [-0.05, 0) is 143 Å². The molecule has 4 aromatic carbocycles. The van der Waals surface area contributed by atoms with Crippen molar-refractivity contribution in [3.63, 3.8) is 0 Å². The number of likely N-dealkylation sites (tertiary alicyclic amines) is 2. The second-order valence-corrected chi connectivity index (χ2v) is 22.3. The number of carbonyl (C=O) groups is 6. The standard InChI is InChI=1S/C63H84N8O8/c1-43-24-34-70(62(76)57(66-56(72)40-64-4)50-28-36-78-37-29-50)54(43)41-68(32-26-46-12-8-6-9-13-46)60(74)52-20-16-48(17-21-52)49-18-22-53(23-19-49)61(75)69(33-27-47-14-10-7-11-15-47)42-55-44(2)25-35-71(55)63(77)58(51-30-38-79-39-31-51)67-59(73)45(3)65-5/h6-23,43-45,50-51,54-55,57-58,64-65H,24-42H2,1-5H3,(H,66,72)(H,67,73)/t43?,44-,45-,54+,55+,57-,58-/m0/s1. The highest BCUT2D eigenvalue weighted by atomic mass is 16.5. The zero-order valence-corrected chi connectivity index (χ0v) is 47.1. The van der Waals surface area contributed by atoms with Crippen LogP contribution < -0.4 is 21.3 Å². The Bertz CT molecular complexity index is 2630. The van der Waals surface area contributed by atoms with E-state index < -0.39 is 18.1 Å². The molecule has 0 radical (unpaired) electrons. The number of nitrogens with zero attached hydrogens (tertiary/aromatic N) is 4. The Kier molecular flexibility index (Phi) is 21.3. The molecule has 4 fully saturated rings. The molecule has 8 rings (SSSR count). The highest BCUT2D eigenvalue weighted by molar-refractivity contribution is 5.96. The lowest BCUT2D eigenvalue weighted by Crippen LogP contribution is -2.58. The zero-order chi connectivity index (χ0) is 55.8. The third kappa shape index (κ3) is 15.3. The first kappa shape index (κ1) is 58.7. The van der Waals surface area contributed by atoms with Crippen LogP contribution in [0.25, 0.3) is 11.1 Å². The van der Waals surface area contributed by atoms with Gasteiger partial charge in [0.15, 0.2) is 0 Å². The van der Waals surface area contributed by atoms with Crippen molar-refractivity contribution in [3.05, 3.63) is 131 Å². The first-order valence-corrected chi connectivity index (χ1v) is 28.9. The molecule has 0 bridgehead atoms.